The molecule has 0 N–H and O–H groups in total. The Kier molecular flexibility index (Phi) is 10.6. The Morgan fingerprint density at radius 3 is 2.32 bits per heavy atom. The number of hydrogen-bond acceptors (Lipinski definition) is 7. The summed E-state index contributed by atoms with van der Waals surface area (Å²) in [5, 5.41) is -0.778. The number of carbonyl (C=O) groups is 1. The summed E-state index contributed by atoms with van der Waals surface area (Å²) in [6.07, 6.45) is 12.2. The maximum atomic E-state index is 12.9. The Morgan fingerprint density at radius 1 is 1.06 bits per heavy atom. The summed E-state index contributed by atoms with van der Waals surface area (Å²) in [7, 11) is -3.45. The largest absolute Gasteiger partial charge is 0.353 e. The SMILES string of the molecule is CCCCC(C)(C)C(/C=C/C1C(OC2CCCCO2)CS(=O)(=O)C1CC=O)OC1CCCCO1. The Morgan fingerprint density at radius 2 is 1.74 bits per heavy atom. The molecule has 0 bridgehead atoms. The van der Waals surface area contributed by atoms with Gasteiger partial charge in [-0.05, 0) is 50.4 Å². The molecule has 0 radical (unpaired) electrons. The first-order chi connectivity index (χ1) is 16.3. The lowest BCUT2D eigenvalue weighted by Gasteiger charge is -2.36. The van der Waals surface area contributed by atoms with Crippen LogP contribution in [0.3, 0.4) is 0 Å². The first kappa shape index (κ1) is 27.8. The van der Waals surface area contributed by atoms with E-state index in [2.05, 4.69) is 20.8 Å². The van der Waals surface area contributed by atoms with E-state index in [-0.39, 0.29) is 36.3 Å². The second kappa shape index (κ2) is 12.9. The van der Waals surface area contributed by atoms with Gasteiger partial charge in [-0.3, -0.25) is 0 Å². The summed E-state index contributed by atoms with van der Waals surface area (Å²) < 4.78 is 50.1. The molecule has 0 aromatic rings. The second-order valence-electron chi connectivity index (χ2n) is 10.6. The minimum atomic E-state index is -3.45. The third-order valence-electron chi connectivity index (χ3n) is 7.40. The first-order valence-electron chi connectivity index (χ1n) is 13.1. The standard InChI is InChI=1S/C26H44O7S/c1-4-5-15-26(2,3)23(33-25-11-7-9-18-31-25)13-12-20-21(32-24-10-6-8-17-30-24)19-34(28,29)22(20)14-16-27/h12-13,16,20-25H,4-11,14-15,17-19H2,1-3H3/b13-12+. The van der Waals surface area contributed by atoms with E-state index in [9.17, 15) is 13.2 Å². The third kappa shape index (κ3) is 7.60. The molecule has 0 saturated carbocycles. The van der Waals surface area contributed by atoms with E-state index in [1.807, 2.05) is 12.2 Å². The quantitative estimate of drug-likeness (QED) is 0.286. The maximum Gasteiger partial charge on any atom is 0.158 e. The van der Waals surface area contributed by atoms with Crippen molar-refractivity contribution in [1.29, 1.82) is 0 Å². The molecular formula is C26H44O7S. The zero-order valence-electron chi connectivity index (χ0n) is 21.2. The summed E-state index contributed by atoms with van der Waals surface area (Å²) in [6, 6.07) is 0. The van der Waals surface area contributed by atoms with Gasteiger partial charge in [0.1, 0.15) is 6.29 Å². The number of ether oxygens (including phenoxy) is 4. The number of sulfone groups is 1. The molecule has 3 aliphatic heterocycles. The molecule has 34 heavy (non-hydrogen) atoms. The average molecular weight is 501 g/mol. The normalized spacial score (nSPS) is 33.2. The molecule has 0 spiro atoms. The molecular weight excluding hydrogens is 456 g/mol. The summed E-state index contributed by atoms with van der Waals surface area (Å²) in [6.45, 7) is 7.90. The van der Waals surface area contributed by atoms with Crippen LogP contribution in [0.4, 0.5) is 0 Å². The molecule has 3 heterocycles. The van der Waals surface area contributed by atoms with Crippen LogP contribution in [0.2, 0.25) is 0 Å². The maximum absolute atomic E-state index is 12.9. The van der Waals surface area contributed by atoms with Crippen LogP contribution < -0.4 is 0 Å². The van der Waals surface area contributed by atoms with Crippen LogP contribution in [0.25, 0.3) is 0 Å². The van der Waals surface area contributed by atoms with Gasteiger partial charge in [-0.25, -0.2) is 8.42 Å². The van der Waals surface area contributed by atoms with E-state index in [0.29, 0.717) is 19.5 Å². The summed E-state index contributed by atoms with van der Waals surface area (Å²) in [4.78, 5) is 11.4. The molecule has 196 valence electrons. The van der Waals surface area contributed by atoms with Crippen LogP contribution in [-0.4, -0.2) is 63.7 Å². The Bertz CT molecular complexity index is 751. The highest BCUT2D eigenvalue weighted by molar-refractivity contribution is 7.92. The van der Waals surface area contributed by atoms with E-state index in [1.54, 1.807) is 0 Å². The predicted molar refractivity (Wildman–Crippen MR) is 131 cm³/mol. The van der Waals surface area contributed by atoms with Crippen molar-refractivity contribution in [2.24, 2.45) is 11.3 Å². The number of carbonyl (C=O) groups excluding carboxylic acids is 1. The van der Waals surface area contributed by atoms with Gasteiger partial charge in [-0.2, -0.15) is 0 Å². The summed E-state index contributed by atoms with van der Waals surface area (Å²) >= 11 is 0. The van der Waals surface area contributed by atoms with Crippen LogP contribution in [0.5, 0.6) is 0 Å². The van der Waals surface area contributed by atoms with Crippen molar-refractivity contribution in [3.8, 4) is 0 Å². The molecule has 3 saturated heterocycles. The van der Waals surface area contributed by atoms with Crippen LogP contribution in [0.1, 0.15) is 85.0 Å². The van der Waals surface area contributed by atoms with Crippen LogP contribution in [0, 0.1) is 11.3 Å². The molecule has 0 aromatic carbocycles. The highest BCUT2D eigenvalue weighted by Crippen LogP contribution is 2.37. The summed E-state index contributed by atoms with van der Waals surface area (Å²) in [5.41, 5.74) is -0.145. The van der Waals surface area contributed by atoms with E-state index >= 15 is 0 Å². The van der Waals surface area contributed by atoms with E-state index in [1.165, 1.54) is 0 Å². The number of hydrogen-bond donors (Lipinski definition) is 0. The molecule has 0 aromatic heterocycles. The van der Waals surface area contributed by atoms with Crippen LogP contribution in [-0.2, 0) is 33.6 Å². The Balaban J connectivity index is 1.82. The highest BCUT2D eigenvalue weighted by atomic mass is 32.2. The summed E-state index contributed by atoms with van der Waals surface area (Å²) in [5.74, 6) is -0.502. The Hall–Kier alpha value is -0.800. The zero-order chi connectivity index (χ0) is 24.6. The van der Waals surface area contributed by atoms with Gasteiger partial charge in [-0.15, -0.1) is 0 Å². The van der Waals surface area contributed by atoms with Crippen LogP contribution >= 0.6 is 0 Å². The van der Waals surface area contributed by atoms with Gasteiger partial charge >= 0.3 is 0 Å². The lowest BCUT2D eigenvalue weighted by molar-refractivity contribution is -0.198. The highest BCUT2D eigenvalue weighted by Gasteiger charge is 2.47. The molecule has 0 aliphatic carbocycles. The van der Waals surface area contributed by atoms with Crippen molar-refractivity contribution in [3.63, 3.8) is 0 Å². The number of aldehydes is 1. The van der Waals surface area contributed by atoms with Crippen molar-refractivity contribution >= 4 is 16.1 Å². The van der Waals surface area contributed by atoms with E-state index < -0.39 is 27.1 Å². The molecule has 3 fully saturated rings. The lowest BCUT2D eigenvalue weighted by Crippen LogP contribution is -2.37. The molecule has 3 rings (SSSR count). The molecule has 6 atom stereocenters. The van der Waals surface area contributed by atoms with Gasteiger partial charge in [0.25, 0.3) is 0 Å². The van der Waals surface area contributed by atoms with Crippen molar-refractivity contribution in [2.45, 2.75) is 115 Å². The number of rotatable bonds is 12. The first-order valence-corrected chi connectivity index (χ1v) is 14.9. The van der Waals surface area contributed by atoms with Gasteiger partial charge in [0.15, 0.2) is 22.4 Å². The van der Waals surface area contributed by atoms with Gasteiger partial charge < -0.3 is 23.7 Å². The van der Waals surface area contributed by atoms with Crippen molar-refractivity contribution in [2.75, 3.05) is 19.0 Å². The minimum absolute atomic E-state index is 0.0286. The predicted octanol–water partition coefficient (Wildman–Crippen LogP) is 4.58. The van der Waals surface area contributed by atoms with Gasteiger partial charge in [0.2, 0.25) is 0 Å². The minimum Gasteiger partial charge on any atom is -0.353 e. The van der Waals surface area contributed by atoms with E-state index in [0.717, 1.165) is 57.8 Å². The molecule has 7 nitrogen and oxygen atoms in total. The van der Waals surface area contributed by atoms with Crippen LogP contribution in [0.15, 0.2) is 12.2 Å². The molecule has 8 heteroatoms. The topological polar surface area (TPSA) is 88.1 Å². The number of unbranched alkanes of at least 4 members (excludes halogenated alkanes) is 1. The molecule has 3 aliphatic rings. The van der Waals surface area contributed by atoms with Gasteiger partial charge in [0, 0.05) is 25.6 Å². The fourth-order valence-electron chi connectivity index (χ4n) is 5.21. The molecule has 0 amide bonds. The fourth-order valence-corrected chi connectivity index (χ4v) is 7.33. The fraction of sp³-hybridized carbons (Fsp3) is 0.885. The average Bonchev–Trinajstić information content (AvgIpc) is 3.05. The molecule has 6 unspecified atom stereocenters. The van der Waals surface area contributed by atoms with E-state index in [4.69, 9.17) is 18.9 Å². The van der Waals surface area contributed by atoms with Gasteiger partial charge in [0.05, 0.1) is 23.2 Å². The van der Waals surface area contributed by atoms with Gasteiger partial charge in [-0.1, -0.05) is 45.8 Å². The monoisotopic (exact) mass is 500 g/mol. The third-order valence-corrected chi connectivity index (χ3v) is 9.62. The lowest BCUT2D eigenvalue weighted by atomic mass is 9.80. The second-order valence-corrected chi connectivity index (χ2v) is 12.9. The van der Waals surface area contributed by atoms with Crippen molar-refractivity contribution in [1.82, 2.24) is 0 Å². The van der Waals surface area contributed by atoms with Crippen molar-refractivity contribution in [3.05, 3.63) is 12.2 Å². The Labute approximate surface area is 205 Å². The smallest absolute Gasteiger partial charge is 0.158 e. The van der Waals surface area contributed by atoms with Crippen molar-refractivity contribution < 1.29 is 32.2 Å². The zero-order valence-corrected chi connectivity index (χ0v) is 22.0.